The molecule has 0 fully saturated rings. The highest BCUT2D eigenvalue weighted by Crippen LogP contribution is 2.16. The van der Waals surface area contributed by atoms with Crippen LogP contribution in [-0.2, 0) is 0 Å². The van der Waals surface area contributed by atoms with Crippen LogP contribution >= 0.6 is 11.5 Å². The molecule has 0 radical (unpaired) electrons. The molecule has 0 saturated carbocycles. The van der Waals surface area contributed by atoms with E-state index < -0.39 is 5.97 Å². The average Bonchev–Trinajstić information content (AvgIpc) is 2.35. The molecule has 0 amide bonds. The Hall–Kier alpha value is -0.900. The highest BCUT2D eigenvalue weighted by atomic mass is 32.1. The molecule has 0 unspecified atom stereocenters. The van der Waals surface area contributed by atoms with E-state index in [4.69, 9.17) is 5.11 Å². The molecule has 1 N–H and O–H groups in total. The van der Waals surface area contributed by atoms with Crippen LogP contribution in [0.1, 0.15) is 34.8 Å². The first kappa shape index (κ1) is 11.1. The first-order valence-corrected chi connectivity index (χ1v) is 4.56. The number of hydrogen-bond donors (Lipinski definition) is 1. The molecule has 1 aromatic rings. The zero-order valence-corrected chi connectivity index (χ0v) is 8.53. The second kappa shape index (κ2) is 4.87. The molecular weight excluding hydrogens is 174 g/mol. The van der Waals surface area contributed by atoms with Crippen LogP contribution in [0.25, 0.3) is 0 Å². The van der Waals surface area contributed by atoms with Crippen molar-refractivity contribution in [2.45, 2.75) is 27.7 Å². The summed E-state index contributed by atoms with van der Waals surface area (Å²) >= 11 is 1.23. The van der Waals surface area contributed by atoms with E-state index in [2.05, 4.69) is 4.37 Å². The van der Waals surface area contributed by atoms with E-state index in [9.17, 15) is 4.79 Å². The first-order valence-electron chi connectivity index (χ1n) is 3.79. The van der Waals surface area contributed by atoms with Crippen molar-refractivity contribution in [3.63, 3.8) is 0 Å². The standard InChI is InChI=1S/C6H7NO2S.C2H6/c1-3-5(6(8)9)4(2)10-7-3;1-2/h1-2H3,(H,8,9);1-2H3. The second-order valence-corrected chi connectivity index (χ2v) is 2.98. The van der Waals surface area contributed by atoms with E-state index in [0.29, 0.717) is 11.3 Å². The molecule has 1 heterocycles. The Bertz CT molecular complexity index is 249. The Balaban J connectivity index is 0.000000561. The number of hydrogen-bond acceptors (Lipinski definition) is 3. The topological polar surface area (TPSA) is 50.2 Å². The van der Waals surface area contributed by atoms with Crippen LogP contribution < -0.4 is 0 Å². The van der Waals surface area contributed by atoms with Gasteiger partial charge in [0.1, 0.15) is 0 Å². The van der Waals surface area contributed by atoms with Gasteiger partial charge in [-0.25, -0.2) is 4.79 Å². The molecule has 0 atom stereocenters. The number of carbonyl (C=O) groups is 1. The summed E-state index contributed by atoms with van der Waals surface area (Å²) in [6.45, 7) is 7.46. The number of rotatable bonds is 1. The zero-order valence-electron chi connectivity index (χ0n) is 7.71. The first-order chi connectivity index (χ1) is 5.63. The lowest BCUT2D eigenvalue weighted by Crippen LogP contribution is -1.98. The lowest BCUT2D eigenvalue weighted by molar-refractivity contribution is 0.0696. The summed E-state index contributed by atoms with van der Waals surface area (Å²) in [7, 11) is 0. The SMILES string of the molecule is CC.Cc1nsc(C)c1C(=O)O. The summed E-state index contributed by atoms with van der Waals surface area (Å²) in [4.78, 5) is 11.2. The quantitative estimate of drug-likeness (QED) is 0.734. The zero-order chi connectivity index (χ0) is 9.72. The molecule has 4 heteroatoms. The largest absolute Gasteiger partial charge is 0.478 e. The van der Waals surface area contributed by atoms with Gasteiger partial charge in [-0.1, -0.05) is 13.8 Å². The summed E-state index contributed by atoms with van der Waals surface area (Å²) in [5.41, 5.74) is 0.958. The number of aromatic nitrogens is 1. The van der Waals surface area contributed by atoms with E-state index >= 15 is 0 Å². The summed E-state index contributed by atoms with van der Waals surface area (Å²) in [5, 5.41) is 8.60. The van der Waals surface area contributed by atoms with Crippen LogP contribution in [0.5, 0.6) is 0 Å². The molecule has 68 valence electrons. The minimum Gasteiger partial charge on any atom is -0.478 e. The van der Waals surface area contributed by atoms with Crippen LogP contribution in [0.4, 0.5) is 0 Å². The van der Waals surface area contributed by atoms with Crippen molar-refractivity contribution in [2.75, 3.05) is 0 Å². The Kier molecular flexibility index (Phi) is 4.51. The fourth-order valence-corrected chi connectivity index (χ4v) is 1.48. The van der Waals surface area contributed by atoms with Gasteiger partial charge >= 0.3 is 5.97 Å². The summed E-state index contributed by atoms with van der Waals surface area (Å²) in [6.07, 6.45) is 0. The molecule has 0 bridgehead atoms. The van der Waals surface area contributed by atoms with Crippen molar-refractivity contribution in [3.05, 3.63) is 16.1 Å². The number of nitrogens with zero attached hydrogens (tertiary/aromatic N) is 1. The molecule has 0 aliphatic rings. The molecule has 0 saturated heterocycles. The van der Waals surface area contributed by atoms with Crippen molar-refractivity contribution in [1.82, 2.24) is 4.37 Å². The predicted molar refractivity (Wildman–Crippen MR) is 49.9 cm³/mol. The van der Waals surface area contributed by atoms with Crippen LogP contribution in [-0.4, -0.2) is 15.4 Å². The highest BCUT2D eigenvalue weighted by Gasteiger charge is 2.12. The van der Waals surface area contributed by atoms with Gasteiger partial charge in [0, 0.05) is 4.88 Å². The molecule has 0 aliphatic heterocycles. The third kappa shape index (κ3) is 2.30. The summed E-state index contributed by atoms with van der Waals surface area (Å²) in [5.74, 6) is -0.885. The van der Waals surface area contributed by atoms with Gasteiger partial charge in [0.2, 0.25) is 0 Å². The van der Waals surface area contributed by atoms with Crippen molar-refractivity contribution >= 4 is 17.5 Å². The van der Waals surface area contributed by atoms with Crippen LogP contribution in [0, 0.1) is 13.8 Å². The molecule has 3 nitrogen and oxygen atoms in total. The van der Waals surface area contributed by atoms with E-state index in [1.54, 1.807) is 13.8 Å². The Labute approximate surface area is 76.2 Å². The molecule has 12 heavy (non-hydrogen) atoms. The van der Waals surface area contributed by atoms with Crippen molar-refractivity contribution in [3.8, 4) is 0 Å². The van der Waals surface area contributed by atoms with Gasteiger partial charge in [-0.05, 0) is 25.4 Å². The lowest BCUT2D eigenvalue weighted by Gasteiger charge is -1.89. The number of carboxylic acid groups (broad SMARTS) is 1. The summed E-state index contributed by atoms with van der Waals surface area (Å²) < 4.78 is 3.90. The molecule has 0 aliphatic carbocycles. The van der Waals surface area contributed by atoms with Gasteiger partial charge in [0.15, 0.2) is 0 Å². The van der Waals surface area contributed by atoms with Crippen LogP contribution in [0.2, 0.25) is 0 Å². The van der Waals surface area contributed by atoms with Gasteiger partial charge in [-0.15, -0.1) is 0 Å². The van der Waals surface area contributed by atoms with E-state index in [1.807, 2.05) is 13.8 Å². The molecule has 1 rings (SSSR count). The third-order valence-electron chi connectivity index (χ3n) is 1.25. The van der Waals surface area contributed by atoms with Crippen LogP contribution in [0.15, 0.2) is 0 Å². The van der Waals surface area contributed by atoms with E-state index in [-0.39, 0.29) is 0 Å². The summed E-state index contributed by atoms with van der Waals surface area (Å²) in [6, 6.07) is 0. The Morgan fingerprint density at radius 2 is 1.92 bits per heavy atom. The van der Waals surface area contributed by atoms with Gasteiger partial charge in [0.05, 0.1) is 11.3 Å². The van der Waals surface area contributed by atoms with Gasteiger partial charge in [0.25, 0.3) is 0 Å². The molecule has 1 aromatic heterocycles. The smallest absolute Gasteiger partial charge is 0.338 e. The third-order valence-corrected chi connectivity index (χ3v) is 2.09. The van der Waals surface area contributed by atoms with Crippen molar-refractivity contribution in [1.29, 1.82) is 0 Å². The lowest BCUT2D eigenvalue weighted by atomic mass is 10.2. The maximum absolute atomic E-state index is 10.5. The molecule has 0 spiro atoms. The number of aryl methyl sites for hydroxylation is 2. The van der Waals surface area contributed by atoms with E-state index in [1.165, 1.54) is 11.5 Å². The van der Waals surface area contributed by atoms with Crippen molar-refractivity contribution < 1.29 is 9.90 Å². The highest BCUT2D eigenvalue weighted by molar-refractivity contribution is 7.06. The van der Waals surface area contributed by atoms with Gasteiger partial charge < -0.3 is 5.11 Å². The normalized spacial score (nSPS) is 8.67. The Morgan fingerprint density at radius 3 is 2.08 bits per heavy atom. The average molecular weight is 187 g/mol. The second-order valence-electron chi connectivity index (χ2n) is 2.00. The predicted octanol–water partition coefficient (Wildman–Crippen LogP) is 2.48. The monoisotopic (exact) mass is 187 g/mol. The maximum atomic E-state index is 10.5. The van der Waals surface area contributed by atoms with Crippen molar-refractivity contribution in [2.24, 2.45) is 0 Å². The maximum Gasteiger partial charge on any atom is 0.338 e. The number of aromatic carboxylic acids is 1. The number of carboxylic acids is 1. The minimum atomic E-state index is -0.885. The van der Waals surface area contributed by atoms with E-state index in [0.717, 1.165) is 4.88 Å². The fourth-order valence-electron chi connectivity index (χ4n) is 0.788. The minimum absolute atomic E-state index is 0.352. The molecular formula is C8H13NO2S. The Morgan fingerprint density at radius 1 is 1.42 bits per heavy atom. The van der Waals surface area contributed by atoms with Gasteiger partial charge in [-0.2, -0.15) is 4.37 Å². The van der Waals surface area contributed by atoms with Crippen LogP contribution in [0.3, 0.4) is 0 Å². The molecule has 0 aromatic carbocycles. The fraction of sp³-hybridized carbons (Fsp3) is 0.500. The van der Waals surface area contributed by atoms with Gasteiger partial charge in [-0.3, -0.25) is 0 Å².